The highest BCUT2D eigenvalue weighted by Crippen LogP contribution is 2.32. The quantitative estimate of drug-likeness (QED) is 0.692. The smallest absolute Gasteiger partial charge is 0.276 e. The lowest BCUT2D eigenvalue weighted by atomic mass is 9.97. The Bertz CT molecular complexity index is 1100. The second kappa shape index (κ2) is 8.13. The van der Waals surface area contributed by atoms with E-state index in [1.807, 2.05) is 18.2 Å². The van der Waals surface area contributed by atoms with Gasteiger partial charge in [0.25, 0.3) is 5.56 Å². The SMILES string of the molecule is CC1CN(Cc2cccc(Cl)c2)CC1c1nn2c(C3CCOCC3)ncc2c(=O)[nH]1. The van der Waals surface area contributed by atoms with Gasteiger partial charge in [0.1, 0.15) is 11.6 Å². The fourth-order valence-electron chi connectivity index (χ4n) is 4.78. The third-order valence-corrected chi connectivity index (χ3v) is 6.60. The van der Waals surface area contributed by atoms with Gasteiger partial charge in [-0.1, -0.05) is 30.7 Å². The van der Waals surface area contributed by atoms with E-state index in [0.29, 0.717) is 11.4 Å². The number of nitrogens with one attached hydrogen (secondary N) is 1. The molecular weight excluding hydrogens is 402 g/mol. The van der Waals surface area contributed by atoms with E-state index in [-0.39, 0.29) is 17.4 Å². The summed E-state index contributed by atoms with van der Waals surface area (Å²) in [6, 6.07) is 7.99. The number of rotatable bonds is 4. The van der Waals surface area contributed by atoms with Crippen molar-refractivity contribution in [3.63, 3.8) is 0 Å². The molecule has 1 aromatic carbocycles. The van der Waals surface area contributed by atoms with Crippen LogP contribution < -0.4 is 5.56 Å². The topological polar surface area (TPSA) is 75.5 Å². The van der Waals surface area contributed by atoms with Gasteiger partial charge in [-0.2, -0.15) is 5.10 Å². The van der Waals surface area contributed by atoms with Gasteiger partial charge < -0.3 is 9.72 Å². The number of halogens is 1. The number of nitrogens with zero attached hydrogens (tertiary/aromatic N) is 4. The van der Waals surface area contributed by atoms with E-state index in [1.165, 1.54) is 5.56 Å². The molecule has 8 heteroatoms. The predicted molar refractivity (Wildman–Crippen MR) is 115 cm³/mol. The van der Waals surface area contributed by atoms with Crippen LogP contribution in [0.5, 0.6) is 0 Å². The zero-order chi connectivity index (χ0) is 20.7. The molecule has 1 N–H and O–H groups in total. The van der Waals surface area contributed by atoms with Crippen LogP contribution in [0.1, 0.15) is 48.8 Å². The Morgan fingerprint density at radius 3 is 2.90 bits per heavy atom. The molecule has 158 valence electrons. The number of aromatic amines is 1. The van der Waals surface area contributed by atoms with Gasteiger partial charge in [0, 0.05) is 49.7 Å². The maximum Gasteiger partial charge on any atom is 0.276 e. The summed E-state index contributed by atoms with van der Waals surface area (Å²) in [5.74, 6) is 2.47. The van der Waals surface area contributed by atoms with E-state index in [1.54, 1.807) is 10.7 Å². The summed E-state index contributed by atoms with van der Waals surface area (Å²) in [7, 11) is 0. The van der Waals surface area contributed by atoms with Gasteiger partial charge in [-0.15, -0.1) is 0 Å². The van der Waals surface area contributed by atoms with Crippen LogP contribution in [0, 0.1) is 5.92 Å². The first kappa shape index (κ1) is 19.7. The molecule has 7 nitrogen and oxygen atoms in total. The average Bonchev–Trinajstić information content (AvgIpc) is 3.32. The first-order valence-corrected chi connectivity index (χ1v) is 11.0. The van der Waals surface area contributed by atoms with Crippen molar-refractivity contribution in [1.29, 1.82) is 0 Å². The maximum atomic E-state index is 12.8. The van der Waals surface area contributed by atoms with Gasteiger partial charge >= 0.3 is 0 Å². The molecule has 2 atom stereocenters. The Kier molecular flexibility index (Phi) is 5.35. The van der Waals surface area contributed by atoms with Gasteiger partial charge in [-0.3, -0.25) is 9.69 Å². The Balaban J connectivity index is 1.42. The first-order chi connectivity index (χ1) is 14.6. The zero-order valence-electron chi connectivity index (χ0n) is 17.1. The van der Waals surface area contributed by atoms with E-state index >= 15 is 0 Å². The van der Waals surface area contributed by atoms with E-state index in [0.717, 1.165) is 62.4 Å². The third-order valence-electron chi connectivity index (χ3n) is 6.37. The van der Waals surface area contributed by atoms with Crippen LogP contribution in [-0.4, -0.2) is 50.8 Å². The minimum Gasteiger partial charge on any atom is -0.381 e. The number of likely N-dealkylation sites (tertiary alicyclic amines) is 1. The molecule has 4 heterocycles. The zero-order valence-corrected chi connectivity index (χ0v) is 17.8. The molecule has 0 amide bonds. The molecule has 2 saturated heterocycles. The second-order valence-corrected chi connectivity index (χ2v) is 8.98. The van der Waals surface area contributed by atoms with Crippen molar-refractivity contribution in [3.05, 3.63) is 63.1 Å². The number of fused-ring (bicyclic) bond motifs is 1. The fourth-order valence-corrected chi connectivity index (χ4v) is 4.99. The van der Waals surface area contributed by atoms with Crippen LogP contribution in [0.3, 0.4) is 0 Å². The molecular formula is C22H26ClN5O2. The van der Waals surface area contributed by atoms with E-state index in [2.05, 4.69) is 27.9 Å². The number of aromatic nitrogens is 4. The summed E-state index contributed by atoms with van der Waals surface area (Å²) in [5.41, 5.74) is 1.59. The number of H-pyrrole nitrogens is 1. The monoisotopic (exact) mass is 427 g/mol. The van der Waals surface area contributed by atoms with Crippen LogP contribution in [0.4, 0.5) is 0 Å². The predicted octanol–water partition coefficient (Wildman–Crippen LogP) is 3.20. The van der Waals surface area contributed by atoms with Crippen molar-refractivity contribution in [2.24, 2.45) is 5.92 Å². The summed E-state index contributed by atoms with van der Waals surface area (Å²) in [4.78, 5) is 22.7. The number of imidazole rings is 1. The van der Waals surface area contributed by atoms with Crippen molar-refractivity contribution >= 4 is 17.1 Å². The number of benzene rings is 1. The molecule has 0 bridgehead atoms. The molecule has 2 aromatic heterocycles. The first-order valence-electron chi connectivity index (χ1n) is 10.6. The van der Waals surface area contributed by atoms with Crippen LogP contribution in [-0.2, 0) is 11.3 Å². The molecule has 5 rings (SSSR count). The van der Waals surface area contributed by atoms with Gasteiger partial charge in [-0.25, -0.2) is 9.50 Å². The normalized spacial score (nSPS) is 23.4. The summed E-state index contributed by atoms with van der Waals surface area (Å²) in [6.07, 6.45) is 3.47. The summed E-state index contributed by atoms with van der Waals surface area (Å²) in [5, 5.41) is 5.63. The van der Waals surface area contributed by atoms with E-state index in [4.69, 9.17) is 21.4 Å². The highest BCUT2D eigenvalue weighted by Gasteiger charge is 2.33. The molecule has 0 aliphatic carbocycles. The fraction of sp³-hybridized carbons (Fsp3) is 0.500. The molecule has 2 fully saturated rings. The molecule has 3 aromatic rings. The maximum absolute atomic E-state index is 12.8. The lowest BCUT2D eigenvalue weighted by Gasteiger charge is -2.21. The standard InChI is InChI=1S/C22H26ClN5O2/c1-14-11-27(12-15-3-2-4-17(23)9-15)13-18(14)20-25-22(29)19-10-24-21(28(19)26-20)16-5-7-30-8-6-16/h2-4,9-10,14,16,18H,5-8,11-13H2,1H3,(H,25,26,29). The van der Waals surface area contributed by atoms with Crippen molar-refractivity contribution in [2.75, 3.05) is 26.3 Å². The van der Waals surface area contributed by atoms with Crippen molar-refractivity contribution < 1.29 is 4.74 Å². The molecule has 2 unspecified atom stereocenters. The minimum atomic E-state index is -0.119. The summed E-state index contributed by atoms with van der Waals surface area (Å²) in [6.45, 7) is 6.33. The Labute approximate surface area is 180 Å². The van der Waals surface area contributed by atoms with Crippen molar-refractivity contribution in [1.82, 2.24) is 24.5 Å². The second-order valence-electron chi connectivity index (χ2n) is 8.55. The lowest BCUT2D eigenvalue weighted by molar-refractivity contribution is 0.0832. The Hall–Kier alpha value is -2.22. The molecule has 2 aliphatic heterocycles. The van der Waals surface area contributed by atoms with E-state index in [9.17, 15) is 4.79 Å². The average molecular weight is 428 g/mol. The van der Waals surface area contributed by atoms with Crippen LogP contribution >= 0.6 is 11.6 Å². The molecule has 0 radical (unpaired) electrons. The number of hydrogen-bond acceptors (Lipinski definition) is 5. The Morgan fingerprint density at radius 1 is 1.27 bits per heavy atom. The van der Waals surface area contributed by atoms with Crippen molar-refractivity contribution in [2.45, 2.75) is 38.1 Å². The van der Waals surface area contributed by atoms with Gasteiger partial charge in [0.05, 0.1) is 6.20 Å². The largest absolute Gasteiger partial charge is 0.381 e. The van der Waals surface area contributed by atoms with Gasteiger partial charge in [0.15, 0.2) is 5.52 Å². The van der Waals surface area contributed by atoms with Crippen LogP contribution in [0.2, 0.25) is 5.02 Å². The Morgan fingerprint density at radius 2 is 2.10 bits per heavy atom. The summed E-state index contributed by atoms with van der Waals surface area (Å²) >= 11 is 6.14. The molecule has 30 heavy (non-hydrogen) atoms. The lowest BCUT2D eigenvalue weighted by Crippen LogP contribution is -2.24. The highest BCUT2D eigenvalue weighted by atomic mass is 35.5. The van der Waals surface area contributed by atoms with Gasteiger partial charge in [0.2, 0.25) is 0 Å². The highest BCUT2D eigenvalue weighted by molar-refractivity contribution is 6.30. The third kappa shape index (κ3) is 3.77. The minimum absolute atomic E-state index is 0.119. The summed E-state index contributed by atoms with van der Waals surface area (Å²) < 4.78 is 7.26. The number of ether oxygens (including phenoxy) is 1. The van der Waals surface area contributed by atoms with Crippen molar-refractivity contribution in [3.8, 4) is 0 Å². The van der Waals surface area contributed by atoms with Crippen LogP contribution in [0.15, 0.2) is 35.3 Å². The van der Waals surface area contributed by atoms with Gasteiger partial charge in [-0.05, 0) is 36.5 Å². The molecule has 0 saturated carbocycles. The van der Waals surface area contributed by atoms with Crippen LogP contribution in [0.25, 0.3) is 5.52 Å². The van der Waals surface area contributed by atoms with E-state index < -0.39 is 0 Å². The molecule has 0 spiro atoms. The molecule has 2 aliphatic rings. The number of hydrogen-bond donors (Lipinski definition) is 1.